The number of unbranched alkanes of at least 4 members (excludes halogenated alkanes) is 1. The van der Waals surface area contributed by atoms with Crippen molar-refractivity contribution in [2.24, 2.45) is 11.7 Å². The van der Waals surface area contributed by atoms with Crippen LogP contribution in [-0.4, -0.2) is 17.8 Å². The Labute approximate surface area is 109 Å². The van der Waals surface area contributed by atoms with Gasteiger partial charge in [-0.3, -0.25) is 0 Å². The number of hydrogen-bond acceptors (Lipinski definition) is 3. The molecule has 0 aliphatic heterocycles. The van der Waals surface area contributed by atoms with Crippen molar-refractivity contribution in [1.82, 2.24) is 0 Å². The smallest absolute Gasteiger partial charge is 0.0656 e. The maximum absolute atomic E-state index is 10.5. The van der Waals surface area contributed by atoms with Crippen LogP contribution >= 0.6 is 11.3 Å². The quantitative estimate of drug-likeness (QED) is 0.748. The third-order valence-corrected chi connectivity index (χ3v) is 4.51. The van der Waals surface area contributed by atoms with E-state index >= 15 is 0 Å². The molecule has 3 N–H and O–H groups in total. The SMILES string of the molecule is CCCCC(CC)C(O)C(CN)c1cccs1. The van der Waals surface area contributed by atoms with Crippen LogP contribution in [0.15, 0.2) is 17.5 Å². The Morgan fingerprint density at radius 1 is 1.41 bits per heavy atom. The number of thiophene rings is 1. The summed E-state index contributed by atoms with van der Waals surface area (Å²) in [7, 11) is 0. The molecule has 1 heterocycles. The zero-order valence-corrected chi connectivity index (χ0v) is 11.7. The van der Waals surface area contributed by atoms with Gasteiger partial charge in [-0.2, -0.15) is 0 Å². The summed E-state index contributed by atoms with van der Waals surface area (Å²) in [4.78, 5) is 1.22. The Balaban J connectivity index is 2.66. The molecule has 98 valence electrons. The standard InChI is InChI=1S/C14H25NOS/c1-3-5-7-11(4-2)14(16)12(10-15)13-8-6-9-17-13/h6,8-9,11-12,14,16H,3-5,7,10,15H2,1-2H3. The van der Waals surface area contributed by atoms with E-state index < -0.39 is 0 Å². The van der Waals surface area contributed by atoms with E-state index in [4.69, 9.17) is 5.73 Å². The number of aliphatic hydroxyl groups excluding tert-OH is 1. The number of rotatable bonds is 8. The second-order valence-electron chi connectivity index (χ2n) is 4.66. The topological polar surface area (TPSA) is 46.2 Å². The van der Waals surface area contributed by atoms with Gasteiger partial charge < -0.3 is 10.8 Å². The monoisotopic (exact) mass is 255 g/mol. The summed E-state index contributed by atoms with van der Waals surface area (Å²) >= 11 is 1.70. The van der Waals surface area contributed by atoms with Crippen molar-refractivity contribution >= 4 is 11.3 Å². The third kappa shape index (κ3) is 4.09. The lowest BCUT2D eigenvalue weighted by atomic mass is 9.85. The molecule has 3 atom stereocenters. The van der Waals surface area contributed by atoms with Gasteiger partial charge in [-0.1, -0.05) is 39.2 Å². The van der Waals surface area contributed by atoms with Gasteiger partial charge in [-0.25, -0.2) is 0 Å². The Morgan fingerprint density at radius 3 is 2.65 bits per heavy atom. The zero-order valence-electron chi connectivity index (χ0n) is 10.9. The molecule has 0 aliphatic rings. The van der Waals surface area contributed by atoms with Gasteiger partial charge >= 0.3 is 0 Å². The van der Waals surface area contributed by atoms with Crippen molar-refractivity contribution in [1.29, 1.82) is 0 Å². The van der Waals surface area contributed by atoms with E-state index in [2.05, 4.69) is 25.3 Å². The fourth-order valence-corrected chi connectivity index (χ4v) is 3.22. The Morgan fingerprint density at radius 2 is 2.18 bits per heavy atom. The lowest BCUT2D eigenvalue weighted by Crippen LogP contribution is -2.31. The molecule has 1 aromatic rings. The highest BCUT2D eigenvalue weighted by molar-refractivity contribution is 7.10. The van der Waals surface area contributed by atoms with Crippen LogP contribution in [0.4, 0.5) is 0 Å². The lowest BCUT2D eigenvalue weighted by Gasteiger charge is -2.28. The number of aliphatic hydroxyl groups is 1. The summed E-state index contributed by atoms with van der Waals surface area (Å²) < 4.78 is 0. The minimum Gasteiger partial charge on any atom is -0.392 e. The van der Waals surface area contributed by atoms with Crippen LogP contribution in [0.1, 0.15) is 50.3 Å². The van der Waals surface area contributed by atoms with Gasteiger partial charge in [0, 0.05) is 17.3 Å². The molecule has 17 heavy (non-hydrogen) atoms. The first-order chi connectivity index (χ1) is 8.24. The molecule has 3 heteroatoms. The van der Waals surface area contributed by atoms with Gasteiger partial charge in [-0.15, -0.1) is 11.3 Å². The summed E-state index contributed by atoms with van der Waals surface area (Å²) in [5.41, 5.74) is 5.83. The van der Waals surface area contributed by atoms with Gasteiger partial charge in [0.15, 0.2) is 0 Å². The van der Waals surface area contributed by atoms with Crippen LogP contribution in [-0.2, 0) is 0 Å². The molecule has 1 rings (SSSR count). The van der Waals surface area contributed by atoms with Gasteiger partial charge in [0.1, 0.15) is 0 Å². The molecule has 3 unspecified atom stereocenters. The van der Waals surface area contributed by atoms with Crippen LogP contribution < -0.4 is 5.73 Å². The largest absolute Gasteiger partial charge is 0.392 e. The Kier molecular flexibility index (Phi) is 6.78. The van der Waals surface area contributed by atoms with Crippen molar-refractivity contribution in [3.05, 3.63) is 22.4 Å². The van der Waals surface area contributed by atoms with E-state index in [1.165, 1.54) is 17.7 Å². The van der Waals surface area contributed by atoms with E-state index in [0.717, 1.165) is 12.8 Å². The molecule has 0 fully saturated rings. The molecule has 0 spiro atoms. The van der Waals surface area contributed by atoms with Crippen molar-refractivity contribution in [3.8, 4) is 0 Å². The van der Waals surface area contributed by atoms with Gasteiger partial charge in [0.05, 0.1) is 6.10 Å². The predicted octanol–water partition coefficient (Wildman–Crippen LogP) is 3.37. The van der Waals surface area contributed by atoms with Gasteiger partial charge in [0.2, 0.25) is 0 Å². The molecule has 0 aliphatic carbocycles. The summed E-state index contributed by atoms with van der Waals surface area (Å²) in [6, 6.07) is 4.11. The summed E-state index contributed by atoms with van der Waals surface area (Å²) in [6.45, 7) is 4.88. The van der Waals surface area contributed by atoms with Crippen LogP contribution in [0.2, 0.25) is 0 Å². The number of hydrogen-bond donors (Lipinski definition) is 2. The average Bonchev–Trinajstić information content (AvgIpc) is 2.85. The molecule has 0 radical (unpaired) electrons. The fraction of sp³-hybridized carbons (Fsp3) is 0.714. The lowest BCUT2D eigenvalue weighted by molar-refractivity contribution is 0.0753. The first-order valence-electron chi connectivity index (χ1n) is 6.66. The minimum absolute atomic E-state index is 0.108. The van der Waals surface area contributed by atoms with Crippen LogP contribution in [0, 0.1) is 5.92 Å². The van der Waals surface area contributed by atoms with Crippen molar-refractivity contribution < 1.29 is 5.11 Å². The molecule has 2 nitrogen and oxygen atoms in total. The first kappa shape index (κ1) is 14.7. The van der Waals surface area contributed by atoms with Crippen molar-refractivity contribution in [2.45, 2.75) is 51.6 Å². The maximum atomic E-state index is 10.5. The normalized spacial score (nSPS) is 16.7. The van der Waals surface area contributed by atoms with Crippen molar-refractivity contribution in [3.63, 3.8) is 0 Å². The Bertz CT molecular complexity index is 286. The van der Waals surface area contributed by atoms with Crippen LogP contribution in [0.3, 0.4) is 0 Å². The van der Waals surface area contributed by atoms with Crippen LogP contribution in [0.25, 0.3) is 0 Å². The van der Waals surface area contributed by atoms with Gasteiger partial charge in [-0.05, 0) is 23.8 Å². The molecule has 0 saturated heterocycles. The summed E-state index contributed by atoms with van der Waals surface area (Å²) in [5.74, 6) is 0.488. The second-order valence-corrected chi connectivity index (χ2v) is 5.64. The molecule has 1 aromatic heterocycles. The summed E-state index contributed by atoms with van der Waals surface area (Å²) in [6.07, 6.45) is 4.22. The third-order valence-electron chi connectivity index (χ3n) is 3.51. The predicted molar refractivity (Wildman–Crippen MR) is 75.4 cm³/mol. The molecule has 0 amide bonds. The van der Waals surface area contributed by atoms with E-state index in [0.29, 0.717) is 12.5 Å². The highest BCUT2D eigenvalue weighted by atomic mass is 32.1. The van der Waals surface area contributed by atoms with E-state index in [9.17, 15) is 5.11 Å². The maximum Gasteiger partial charge on any atom is 0.0656 e. The van der Waals surface area contributed by atoms with Gasteiger partial charge in [0.25, 0.3) is 0 Å². The highest BCUT2D eigenvalue weighted by Gasteiger charge is 2.27. The molecule has 0 aromatic carbocycles. The molecular weight excluding hydrogens is 230 g/mol. The first-order valence-corrected chi connectivity index (χ1v) is 7.54. The highest BCUT2D eigenvalue weighted by Crippen LogP contribution is 2.30. The van der Waals surface area contributed by atoms with E-state index in [1.54, 1.807) is 11.3 Å². The zero-order chi connectivity index (χ0) is 12.7. The fourth-order valence-electron chi connectivity index (χ4n) is 2.34. The second kappa shape index (κ2) is 7.85. The molecule has 0 saturated carbocycles. The van der Waals surface area contributed by atoms with E-state index in [1.807, 2.05) is 6.07 Å². The summed E-state index contributed by atoms with van der Waals surface area (Å²) in [5, 5.41) is 12.5. The van der Waals surface area contributed by atoms with Crippen LogP contribution in [0.5, 0.6) is 0 Å². The van der Waals surface area contributed by atoms with Crippen molar-refractivity contribution in [2.75, 3.05) is 6.54 Å². The molecule has 0 bridgehead atoms. The Hall–Kier alpha value is -0.380. The number of nitrogens with two attached hydrogens (primary N) is 1. The average molecular weight is 255 g/mol. The van der Waals surface area contributed by atoms with E-state index in [-0.39, 0.29) is 12.0 Å². The minimum atomic E-state index is -0.296. The molecular formula is C14H25NOS.